The van der Waals surface area contributed by atoms with E-state index >= 15 is 0 Å². The topological polar surface area (TPSA) is 52.6 Å². The molecular formula is C21H17F3O4. The molecule has 2 fully saturated rings. The third-order valence-corrected chi connectivity index (χ3v) is 5.73. The van der Waals surface area contributed by atoms with Gasteiger partial charge in [-0.05, 0) is 18.1 Å². The molecule has 1 saturated carbocycles. The Bertz CT molecular complexity index is 912. The molecule has 0 spiro atoms. The Kier molecular flexibility index (Phi) is 4.03. The summed E-state index contributed by atoms with van der Waals surface area (Å²) in [5.41, 5.74) is -4.86. The van der Waals surface area contributed by atoms with Gasteiger partial charge < -0.3 is 9.47 Å². The zero-order chi connectivity index (χ0) is 20.2. The van der Waals surface area contributed by atoms with Gasteiger partial charge in [-0.1, -0.05) is 60.7 Å². The monoisotopic (exact) mass is 390 g/mol. The molecule has 0 N–H and O–H groups in total. The number of carbonyl (C=O) groups excluding carboxylic acids is 2. The van der Waals surface area contributed by atoms with Crippen LogP contribution >= 0.6 is 0 Å². The van der Waals surface area contributed by atoms with Crippen LogP contribution in [0.1, 0.15) is 24.2 Å². The Morgan fingerprint density at radius 2 is 1.64 bits per heavy atom. The molecule has 28 heavy (non-hydrogen) atoms. The quantitative estimate of drug-likeness (QED) is 0.586. The Labute approximate surface area is 159 Å². The Morgan fingerprint density at radius 3 is 2.18 bits per heavy atom. The van der Waals surface area contributed by atoms with E-state index < -0.39 is 41.0 Å². The van der Waals surface area contributed by atoms with Crippen molar-refractivity contribution in [3.8, 4) is 0 Å². The first-order valence-corrected chi connectivity index (χ1v) is 8.89. The summed E-state index contributed by atoms with van der Waals surface area (Å²) < 4.78 is 54.1. The first kappa shape index (κ1) is 18.5. The van der Waals surface area contributed by atoms with E-state index in [1.807, 2.05) is 0 Å². The Hall–Kier alpha value is -2.83. The molecule has 1 aliphatic heterocycles. The molecule has 0 aromatic heterocycles. The molecule has 2 aromatic carbocycles. The minimum atomic E-state index is -4.86. The maximum Gasteiger partial charge on any atom is 0.400 e. The van der Waals surface area contributed by atoms with E-state index in [1.165, 1.54) is 31.2 Å². The summed E-state index contributed by atoms with van der Waals surface area (Å²) in [5.74, 6) is -3.81. The van der Waals surface area contributed by atoms with E-state index in [0.29, 0.717) is 5.56 Å². The van der Waals surface area contributed by atoms with E-state index in [0.717, 1.165) is 0 Å². The van der Waals surface area contributed by atoms with E-state index in [-0.39, 0.29) is 12.2 Å². The lowest BCUT2D eigenvalue weighted by molar-refractivity contribution is -0.198. The Morgan fingerprint density at radius 1 is 1.07 bits per heavy atom. The first-order chi connectivity index (χ1) is 13.3. The van der Waals surface area contributed by atoms with Gasteiger partial charge in [0.2, 0.25) is 0 Å². The predicted molar refractivity (Wildman–Crippen MR) is 92.0 cm³/mol. The molecule has 2 aliphatic rings. The van der Waals surface area contributed by atoms with Gasteiger partial charge in [0.15, 0.2) is 5.41 Å². The lowest BCUT2D eigenvalue weighted by atomic mass is 9.83. The van der Waals surface area contributed by atoms with Crippen LogP contribution in [0.4, 0.5) is 13.2 Å². The summed E-state index contributed by atoms with van der Waals surface area (Å²) in [5, 5.41) is 0. The minimum absolute atomic E-state index is 0.140. The largest absolute Gasteiger partial charge is 0.465 e. The van der Waals surface area contributed by atoms with Crippen molar-refractivity contribution in [2.75, 3.05) is 6.61 Å². The fourth-order valence-electron chi connectivity index (χ4n) is 4.71. The van der Waals surface area contributed by atoms with Crippen LogP contribution in [0.2, 0.25) is 0 Å². The highest BCUT2D eigenvalue weighted by Gasteiger charge is 2.99. The zero-order valence-electron chi connectivity index (χ0n) is 14.9. The van der Waals surface area contributed by atoms with Gasteiger partial charge in [0.1, 0.15) is 11.5 Å². The summed E-state index contributed by atoms with van der Waals surface area (Å²) in [6.07, 6.45) is -6.06. The molecule has 0 bridgehead atoms. The molecule has 4 atom stereocenters. The SMILES string of the molecule is CCOC(=O)[C@]12C(=O)O[C@H](c3ccccc3)[C@H]1[C@]2(c1ccccc1)C(F)(F)F. The molecule has 0 radical (unpaired) electrons. The van der Waals surface area contributed by atoms with Gasteiger partial charge in [0, 0.05) is 5.92 Å². The van der Waals surface area contributed by atoms with E-state index in [4.69, 9.17) is 9.47 Å². The zero-order valence-corrected chi connectivity index (χ0v) is 14.9. The van der Waals surface area contributed by atoms with Crippen molar-refractivity contribution >= 4 is 11.9 Å². The van der Waals surface area contributed by atoms with Gasteiger partial charge in [-0.15, -0.1) is 0 Å². The van der Waals surface area contributed by atoms with Crippen LogP contribution in [-0.2, 0) is 24.5 Å². The molecule has 7 heteroatoms. The number of ether oxygens (including phenoxy) is 2. The maximum absolute atomic E-state index is 14.6. The van der Waals surface area contributed by atoms with Crippen LogP contribution in [0, 0.1) is 11.3 Å². The van der Waals surface area contributed by atoms with Crippen molar-refractivity contribution in [1.82, 2.24) is 0 Å². The number of fused-ring (bicyclic) bond motifs is 1. The standard InChI is InChI=1S/C21H17F3O4/c1-2-27-17(25)19-16(15(28-18(19)26)13-9-5-3-6-10-13)20(19,21(22,23)24)14-11-7-4-8-12-14/h3-12,15-16H,2H2,1H3/t15-,16-,19+,20+/m1/s1. The molecular weight excluding hydrogens is 373 g/mol. The van der Waals surface area contributed by atoms with Crippen molar-refractivity contribution in [3.05, 3.63) is 71.8 Å². The van der Waals surface area contributed by atoms with Gasteiger partial charge in [-0.2, -0.15) is 13.2 Å². The van der Waals surface area contributed by atoms with Crippen LogP contribution in [-0.4, -0.2) is 24.7 Å². The maximum atomic E-state index is 14.6. The second-order valence-corrected chi connectivity index (χ2v) is 6.91. The molecule has 146 valence electrons. The number of hydrogen-bond donors (Lipinski definition) is 0. The van der Waals surface area contributed by atoms with Gasteiger partial charge in [-0.3, -0.25) is 9.59 Å². The van der Waals surface area contributed by atoms with Crippen molar-refractivity contribution < 1.29 is 32.2 Å². The summed E-state index contributed by atoms with van der Waals surface area (Å²) in [7, 11) is 0. The first-order valence-electron chi connectivity index (χ1n) is 8.89. The second kappa shape index (κ2) is 6.09. The fraction of sp³-hybridized carbons (Fsp3) is 0.333. The number of carbonyl (C=O) groups is 2. The van der Waals surface area contributed by atoms with E-state index in [1.54, 1.807) is 36.4 Å². The third-order valence-electron chi connectivity index (χ3n) is 5.73. The van der Waals surface area contributed by atoms with Crippen molar-refractivity contribution in [1.29, 1.82) is 0 Å². The Balaban J connectivity index is 1.97. The molecule has 1 heterocycles. The molecule has 1 aliphatic carbocycles. The van der Waals surface area contributed by atoms with Crippen LogP contribution in [0.25, 0.3) is 0 Å². The van der Waals surface area contributed by atoms with Crippen molar-refractivity contribution in [3.63, 3.8) is 0 Å². The van der Waals surface area contributed by atoms with Crippen molar-refractivity contribution in [2.24, 2.45) is 11.3 Å². The number of rotatable bonds is 4. The molecule has 1 saturated heterocycles. The van der Waals surface area contributed by atoms with Crippen molar-refractivity contribution in [2.45, 2.75) is 24.6 Å². The number of halogens is 3. The van der Waals surface area contributed by atoms with Crippen LogP contribution < -0.4 is 0 Å². The van der Waals surface area contributed by atoms with Gasteiger partial charge >= 0.3 is 18.1 Å². The van der Waals surface area contributed by atoms with E-state index in [9.17, 15) is 22.8 Å². The molecule has 4 nitrogen and oxygen atoms in total. The highest BCUT2D eigenvalue weighted by molar-refractivity contribution is 6.10. The summed E-state index contributed by atoms with van der Waals surface area (Å²) in [6, 6.07) is 15.3. The smallest absolute Gasteiger partial charge is 0.400 e. The lowest BCUT2D eigenvalue weighted by Gasteiger charge is -2.29. The van der Waals surface area contributed by atoms with Crippen LogP contribution in [0.3, 0.4) is 0 Å². The van der Waals surface area contributed by atoms with Gasteiger partial charge in [0.05, 0.1) is 6.61 Å². The lowest BCUT2D eigenvalue weighted by Crippen LogP contribution is -2.44. The summed E-state index contributed by atoms with van der Waals surface area (Å²) in [6.45, 7) is 1.35. The highest BCUT2D eigenvalue weighted by atomic mass is 19.4. The van der Waals surface area contributed by atoms with E-state index in [2.05, 4.69) is 0 Å². The normalized spacial score (nSPS) is 31.1. The average Bonchev–Trinajstić information content (AvgIpc) is 3.24. The molecule has 0 amide bonds. The van der Waals surface area contributed by atoms with Gasteiger partial charge in [-0.25, -0.2) is 0 Å². The molecule has 4 rings (SSSR count). The number of hydrogen-bond acceptors (Lipinski definition) is 4. The summed E-state index contributed by atoms with van der Waals surface area (Å²) >= 11 is 0. The number of benzene rings is 2. The molecule has 0 unspecified atom stereocenters. The number of cyclic esters (lactones) is 1. The van der Waals surface area contributed by atoms with Gasteiger partial charge in [0.25, 0.3) is 0 Å². The third kappa shape index (κ3) is 2.07. The number of alkyl halides is 3. The second-order valence-electron chi connectivity index (χ2n) is 6.91. The minimum Gasteiger partial charge on any atom is -0.465 e. The fourth-order valence-corrected chi connectivity index (χ4v) is 4.71. The van der Waals surface area contributed by atoms with Crippen LogP contribution in [0.5, 0.6) is 0 Å². The summed E-state index contributed by atoms with van der Waals surface area (Å²) in [4.78, 5) is 25.7. The molecule has 2 aromatic rings. The predicted octanol–water partition coefficient (Wildman–Crippen LogP) is 3.96. The van der Waals surface area contributed by atoms with Crippen LogP contribution in [0.15, 0.2) is 60.7 Å². The number of esters is 2. The highest BCUT2D eigenvalue weighted by Crippen LogP contribution is 2.83. The average molecular weight is 390 g/mol.